The smallest absolute Gasteiger partial charge is 0.373 e. The minimum Gasteiger partial charge on any atom is -0.373 e. The molecule has 2 aromatic carbocycles. The van der Waals surface area contributed by atoms with E-state index in [9.17, 15) is 32.3 Å². The molecule has 1 saturated heterocycles. The summed E-state index contributed by atoms with van der Waals surface area (Å²) in [5.74, 6) is -1.90. The largest absolute Gasteiger partial charge is 0.405 e. The number of H-pyrrole nitrogens is 1. The number of likely N-dealkylation sites (tertiary alicyclic amines) is 1. The number of hydrogen-bond donors (Lipinski definition) is 3. The first kappa shape index (κ1) is 25.3. The number of alkyl halides is 3. The zero-order chi connectivity index (χ0) is 26.5. The number of carbonyl (C=O) groups is 2. The molecule has 8 nitrogen and oxygen atoms in total. The summed E-state index contributed by atoms with van der Waals surface area (Å²) in [5, 5.41) is 20.5. The summed E-state index contributed by atoms with van der Waals surface area (Å²) >= 11 is 6.34. The van der Waals surface area contributed by atoms with Crippen molar-refractivity contribution in [2.75, 3.05) is 31.1 Å². The number of nitrogens with one attached hydrogen (secondary N) is 2. The molecule has 0 radical (unpaired) electrons. The summed E-state index contributed by atoms with van der Waals surface area (Å²) in [4.78, 5) is 28.3. The zero-order valence-electron chi connectivity index (χ0n) is 19.3. The number of rotatable bonds is 4. The van der Waals surface area contributed by atoms with Crippen LogP contribution in [0.4, 0.5) is 23.2 Å². The summed E-state index contributed by atoms with van der Waals surface area (Å²) in [6, 6.07) is 7.59. The Labute approximate surface area is 213 Å². The molecule has 1 unspecified atom stereocenters. The lowest BCUT2D eigenvalue weighted by atomic mass is 9.72. The highest BCUT2D eigenvalue weighted by molar-refractivity contribution is 6.32. The fraction of sp³-hybridized carbons (Fsp3) is 0.375. The molecule has 5 rings (SSSR count). The monoisotopic (exact) mass is 539 g/mol. The highest BCUT2D eigenvalue weighted by Crippen LogP contribution is 2.53. The number of fused-ring (bicyclic) bond motifs is 3. The molecule has 3 N–H and O–H groups in total. The third-order valence-corrected chi connectivity index (χ3v) is 7.47. The van der Waals surface area contributed by atoms with E-state index in [-0.39, 0.29) is 48.1 Å². The molecule has 1 atom stereocenters. The van der Waals surface area contributed by atoms with E-state index in [0.29, 0.717) is 5.56 Å². The second kappa shape index (κ2) is 9.18. The lowest BCUT2D eigenvalue weighted by Crippen LogP contribution is -2.54. The van der Waals surface area contributed by atoms with Crippen molar-refractivity contribution in [2.24, 2.45) is 0 Å². The Kier molecular flexibility index (Phi) is 6.27. The number of aliphatic hydroxyl groups excluding tert-OH is 1. The third-order valence-electron chi connectivity index (χ3n) is 7.10. The summed E-state index contributed by atoms with van der Waals surface area (Å²) in [6.45, 7) is -1.68. The maximum atomic E-state index is 14.5. The van der Waals surface area contributed by atoms with Crippen molar-refractivity contribution in [2.45, 2.75) is 30.7 Å². The maximum absolute atomic E-state index is 14.5. The number of aromatic nitrogens is 2. The molecule has 1 aromatic heterocycles. The molecule has 3 heterocycles. The molecule has 3 aromatic rings. The van der Waals surface area contributed by atoms with Gasteiger partial charge in [-0.15, -0.1) is 0 Å². The molecule has 0 aliphatic carbocycles. The molecule has 196 valence electrons. The zero-order valence-corrected chi connectivity index (χ0v) is 20.0. The van der Waals surface area contributed by atoms with Crippen LogP contribution >= 0.6 is 11.6 Å². The van der Waals surface area contributed by atoms with Crippen LogP contribution in [0.25, 0.3) is 10.9 Å². The average Bonchev–Trinajstić information content (AvgIpc) is 3.42. The first-order valence-corrected chi connectivity index (χ1v) is 11.9. The quantitative estimate of drug-likeness (QED) is 0.442. The average molecular weight is 540 g/mol. The molecule has 2 amide bonds. The van der Waals surface area contributed by atoms with Crippen molar-refractivity contribution in [1.82, 2.24) is 20.4 Å². The first-order valence-electron chi connectivity index (χ1n) is 11.5. The second-order valence-electron chi connectivity index (χ2n) is 9.27. The summed E-state index contributed by atoms with van der Waals surface area (Å²) in [5.41, 5.74) is 0.688. The van der Waals surface area contributed by atoms with E-state index in [1.54, 1.807) is 34.6 Å². The fourth-order valence-corrected chi connectivity index (χ4v) is 5.62. The Morgan fingerprint density at radius 2 is 1.95 bits per heavy atom. The molecular weight excluding hydrogens is 518 g/mol. The Balaban J connectivity index is 1.38. The van der Waals surface area contributed by atoms with Gasteiger partial charge in [-0.3, -0.25) is 14.7 Å². The van der Waals surface area contributed by atoms with Crippen LogP contribution in [-0.2, 0) is 10.2 Å². The minimum atomic E-state index is -4.59. The van der Waals surface area contributed by atoms with Crippen LogP contribution in [-0.4, -0.2) is 70.6 Å². The highest BCUT2D eigenvalue weighted by Gasteiger charge is 2.54. The first-order chi connectivity index (χ1) is 17.5. The van der Waals surface area contributed by atoms with Crippen molar-refractivity contribution in [3.8, 4) is 0 Å². The number of aromatic amines is 1. The number of aliphatic hydroxyl groups is 1. The van der Waals surface area contributed by atoms with Crippen LogP contribution in [0.15, 0.2) is 36.5 Å². The van der Waals surface area contributed by atoms with E-state index >= 15 is 0 Å². The summed E-state index contributed by atoms with van der Waals surface area (Å²) in [7, 11) is 0. The summed E-state index contributed by atoms with van der Waals surface area (Å²) in [6.07, 6.45) is -3.95. The molecule has 13 heteroatoms. The van der Waals surface area contributed by atoms with Crippen LogP contribution in [0.2, 0.25) is 5.02 Å². The van der Waals surface area contributed by atoms with Gasteiger partial charge in [0.15, 0.2) is 0 Å². The van der Waals surface area contributed by atoms with Gasteiger partial charge in [-0.25, -0.2) is 4.39 Å². The molecule has 0 saturated carbocycles. The number of anilines is 1. The SMILES string of the molecule is O=C(CN1c2ccc(F)c(Cl)c2C2(CCN(C(=O)c3ccc4[nH]ncc4c3)CC2)C1O)NCC(F)(F)F. The highest BCUT2D eigenvalue weighted by atomic mass is 35.5. The van der Waals surface area contributed by atoms with E-state index in [2.05, 4.69) is 10.2 Å². The molecule has 2 aliphatic heterocycles. The van der Waals surface area contributed by atoms with Gasteiger partial charge in [-0.2, -0.15) is 18.3 Å². The molecule has 0 bridgehead atoms. The van der Waals surface area contributed by atoms with E-state index in [1.807, 2.05) is 0 Å². The number of hydrogen-bond acceptors (Lipinski definition) is 5. The number of halogens is 5. The molecule has 37 heavy (non-hydrogen) atoms. The van der Waals surface area contributed by atoms with E-state index < -0.39 is 42.6 Å². The standard InChI is InChI=1S/C24H22ClF4N5O3/c25-20-15(26)2-4-17-19(20)23(22(37)34(17)11-18(35)30-12-24(27,28)29)5-7-33(8-6-23)21(36)13-1-3-16-14(9-13)10-31-32-16/h1-4,9-10,22,37H,5-8,11-12H2,(H,30,35)(H,31,32). The fourth-order valence-electron chi connectivity index (χ4n) is 5.27. The predicted molar refractivity (Wildman–Crippen MR) is 127 cm³/mol. The lowest BCUT2D eigenvalue weighted by molar-refractivity contribution is -0.137. The van der Waals surface area contributed by atoms with Crippen LogP contribution in [0.1, 0.15) is 28.8 Å². The van der Waals surface area contributed by atoms with Crippen molar-refractivity contribution in [3.63, 3.8) is 0 Å². The summed E-state index contributed by atoms with van der Waals surface area (Å²) < 4.78 is 52.1. The topological polar surface area (TPSA) is 102 Å². The normalized spacial score (nSPS) is 18.9. The number of benzene rings is 2. The van der Waals surface area contributed by atoms with Crippen LogP contribution in [0, 0.1) is 5.82 Å². The van der Waals surface area contributed by atoms with E-state index in [0.717, 1.165) is 17.0 Å². The maximum Gasteiger partial charge on any atom is 0.405 e. The van der Waals surface area contributed by atoms with Crippen molar-refractivity contribution in [1.29, 1.82) is 0 Å². The van der Waals surface area contributed by atoms with Crippen LogP contribution in [0.5, 0.6) is 0 Å². The van der Waals surface area contributed by atoms with Crippen molar-refractivity contribution < 1.29 is 32.3 Å². The predicted octanol–water partition coefficient (Wildman–Crippen LogP) is 3.35. The Hall–Kier alpha value is -3.38. The molecule has 1 fully saturated rings. The van der Waals surface area contributed by atoms with Gasteiger partial charge < -0.3 is 20.2 Å². The number of nitrogens with zero attached hydrogens (tertiary/aromatic N) is 3. The van der Waals surface area contributed by atoms with Gasteiger partial charge in [0.1, 0.15) is 18.6 Å². The van der Waals surface area contributed by atoms with Gasteiger partial charge in [0.05, 0.1) is 23.3 Å². The molecule has 1 spiro atoms. The molecular formula is C24H22ClF4N5O3. The minimum absolute atomic E-state index is 0.199. The van der Waals surface area contributed by atoms with E-state index in [4.69, 9.17) is 11.6 Å². The lowest BCUT2D eigenvalue weighted by Gasteiger charge is -2.43. The van der Waals surface area contributed by atoms with Gasteiger partial charge in [0.2, 0.25) is 5.91 Å². The Morgan fingerprint density at radius 3 is 2.65 bits per heavy atom. The van der Waals surface area contributed by atoms with Crippen LogP contribution in [0.3, 0.4) is 0 Å². The van der Waals surface area contributed by atoms with E-state index in [1.165, 1.54) is 11.0 Å². The van der Waals surface area contributed by atoms with Crippen LogP contribution < -0.4 is 10.2 Å². The second-order valence-corrected chi connectivity index (χ2v) is 9.65. The van der Waals surface area contributed by atoms with Gasteiger partial charge >= 0.3 is 6.18 Å². The number of amides is 2. The van der Waals surface area contributed by atoms with Gasteiger partial charge in [-0.05, 0) is 43.2 Å². The van der Waals surface area contributed by atoms with Crippen molar-refractivity contribution in [3.05, 3.63) is 58.5 Å². The Morgan fingerprint density at radius 1 is 1.22 bits per heavy atom. The number of piperidine rings is 1. The van der Waals surface area contributed by atoms with Gasteiger partial charge in [0, 0.05) is 40.7 Å². The Bertz CT molecular complexity index is 1370. The van der Waals surface area contributed by atoms with Gasteiger partial charge in [-0.1, -0.05) is 11.6 Å². The molecule has 2 aliphatic rings. The number of carbonyl (C=O) groups excluding carboxylic acids is 2. The third kappa shape index (κ3) is 4.48. The van der Waals surface area contributed by atoms with Crippen molar-refractivity contribution >= 4 is 40.0 Å². The van der Waals surface area contributed by atoms with Gasteiger partial charge in [0.25, 0.3) is 5.91 Å².